The number of hydrogen-bond acceptors (Lipinski definition) is 7. The fourth-order valence-corrected chi connectivity index (χ4v) is 4.48. The van der Waals surface area contributed by atoms with Crippen LogP contribution in [-0.4, -0.2) is 33.2 Å². The van der Waals surface area contributed by atoms with E-state index in [1.165, 1.54) is 11.8 Å². The smallest absolute Gasteiger partial charge is 0.231 e. The van der Waals surface area contributed by atoms with Gasteiger partial charge < -0.3 is 19.4 Å². The van der Waals surface area contributed by atoms with Gasteiger partial charge in [-0.2, -0.15) is 0 Å². The molecule has 28 heavy (non-hydrogen) atoms. The minimum atomic E-state index is -0.131. The first-order valence-electron chi connectivity index (χ1n) is 8.94. The molecule has 1 aliphatic heterocycles. The van der Waals surface area contributed by atoms with Crippen molar-refractivity contribution in [2.75, 3.05) is 12.5 Å². The first-order valence-corrected chi connectivity index (χ1v) is 10.8. The van der Waals surface area contributed by atoms with Crippen LogP contribution in [0.15, 0.2) is 40.9 Å². The van der Waals surface area contributed by atoms with Crippen molar-refractivity contribution in [1.82, 2.24) is 20.1 Å². The Balaban J connectivity index is 1.37. The second-order valence-corrected chi connectivity index (χ2v) is 8.11. The Labute approximate surface area is 171 Å². The number of ether oxygens (including phenoxy) is 2. The Morgan fingerprint density at radius 1 is 1.32 bits per heavy atom. The van der Waals surface area contributed by atoms with E-state index in [4.69, 9.17) is 9.47 Å². The number of nitrogens with one attached hydrogen (secondary N) is 1. The second kappa shape index (κ2) is 8.24. The van der Waals surface area contributed by atoms with Crippen LogP contribution in [0, 0.1) is 0 Å². The van der Waals surface area contributed by atoms with E-state index in [2.05, 4.69) is 15.5 Å². The largest absolute Gasteiger partial charge is 0.454 e. The fourth-order valence-electron chi connectivity index (χ4n) is 2.95. The number of aromatic nitrogens is 3. The molecule has 0 bridgehead atoms. The highest BCUT2D eigenvalue weighted by Gasteiger charge is 2.18. The Morgan fingerprint density at radius 3 is 2.96 bits per heavy atom. The Morgan fingerprint density at radius 2 is 2.18 bits per heavy atom. The van der Waals surface area contributed by atoms with E-state index in [1.54, 1.807) is 11.3 Å². The van der Waals surface area contributed by atoms with E-state index < -0.39 is 0 Å². The number of hydrogen-bond donors (Lipinski definition) is 1. The molecule has 1 aliphatic rings. The second-order valence-electron chi connectivity index (χ2n) is 6.22. The van der Waals surface area contributed by atoms with Crippen LogP contribution in [-0.2, 0) is 11.3 Å². The molecule has 3 heterocycles. The number of rotatable bonds is 7. The summed E-state index contributed by atoms with van der Waals surface area (Å²) in [5.74, 6) is 2.51. The van der Waals surface area contributed by atoms with Crippen LogP contribution in [0.2, 0.25) is 0 Å². The average molecular weight is 417 g/mol. The molecule has 4 rings (SSSR count). The third-order valence-electron chi connectivity index (χ3n) is 4.38. The lowest BCUT2D eigenvalue weighted by Gasteiger charge is -2.14. The van der Waals surface area contributed by atoms with Crippen molar-refractivity contribution in [3.8, 4) is 22.2 Å². The van der Waals surface area contributed by atoms with Gasteiger partial charge in [0.1, 0.15) is 0 Å². The van der Waals surface area contributed by atoms with Crippen molar-refractivity contribution in [1.29, 1.82) is 0 Å². The summed E-state index contributed by atoms with van der Waals surface area (Å²) in [6.07, 6.45) is 0. The molecule has 0 fully saturated rings. The first kappa shape index (κ1) is 18.8. The summed E-state index contributed by atoms with van der Waals surface area (Å²) in [4.78, 5) is 13.5. The summed E-state index contributed by atoms with van der Waals surface area (Å²) in [6, 6.07) is 9.59. The molecule has 1 amide bonds. The molecule has 0 spiro atoms. The van der Waals surface area contributed by atoms with Crippen LogP contribution >= 0.6 is 23.1 Å². The van der Waals surface area contributed by atoms with Gasteiger partial charge in [0, 0.05) is 6.54 Å². The quantitative estimate of drug-likeness (QED) is 0.592. The topological polar surface area (TPSA) is 78.3 Å². The number of carbonyl (C=O) groups excluding carboxylic acids is 1. The summed E-state index contributed by atoms with van der Waals surface area (Å²) >= 11 is 3.02. The minimum absolute atomic E-state index is 0.0570. The van der Waals surface area contributed by atoms with Crippen molar-refractivity contribution in [3.05, 3.63) is 41.3 Å². The van der Waals surface area contributed by atoms with Gasteiger partial charge in [-0.15, -0.1) is 21.5 Å². The lowest BCUT2D eigenvalue weighted by Crippen LogP contribution is -2.28. The lowest BCUT2D eigenvalue weighted by molar-refractivity contribution is -0.119. The molecule has 3 aromatic rings. The zero-order chi connectivity index (χ0) is 19.5. The summed E-state index contributed by atoms with van der Waals surface area (Å²) in [5.41, 5.74) is 0.972. The summed E-state index contributed by atoms with van der Waals surface area (Å²) in [6.45, 7) is 4.98. The third-order valence-corrected chi connectivity index (χ3v) is 6.21. The maximum absolute atomic E-state index is 12.4. The van der Waals surface area contributed by atoms with Crippen molar-refractivity contribution in [2.45, 2.75) is 31.6 Å². The summed E-state index contributed by atoms with van der Waals surface area (Å²) in [5, 5.41) is 14.3. The molecule has 1 unspecified atom stereocenters. The van der Waals surface area contributed by atoms with E-state index in [0.717, 1.165) is 33.7 Å². The average Bonchev–Trinajstić information content (AvgIpc) is 3.45. The van der Waals surface area contributed by atoms with Gasteiger partial charge in [-0.1, -0.05) is 23.9 Å². The molecule has 1 aromatic carbocycles. The van der Waals surface area contributed by atoms with Crippen LogP contribution in [0.3, 0.4) is 0 Å². The van der Waals surface area contributed by atoms with Crippen molar-refractivity contribution >= 4 is 29.0 Å². The molecule has 0 saturated carbocycles. The molecular weight excluding hydrogens is 396 g/mol. The van der Waals surface area contributed by atoms with Gasteiger partial charge in [0.05, 0.1) is 16.7 Å². The normalized spacial score (nSPS) is 13.5. The van der Waals surface area contributed by atoms with Crippen LogP contribution in [0.5, 0.6) is 11.5 Å². The zero-order valence-corrected chi connectivity index (χ0v) is 17.2. The third kappa shape index (κ3) is 3.85. The van der Waals surface area contributed by atoms with Crippen LogP contribution in [0.25, 0.3) is 10.7 Å². The molecule has 146 valence electrons. The predicted octanol–water partition coefficient (Wildman–Crippen LogP) is 3.72. The van der Waals surface area contributed by atoms with E-state index in [1.807, 2.05) is 54.1 Å². The van der Waals surface area contributed by atoms with E-state index >= 15 is 0 Å². The molecule has 0 saturated heterocycles. The number of thioether (sulfide) groups is 1. The lowest BCUT2D eigenvalue weighted by atomic mass is 10.1. The van der Waals surface area contributed by atoms with Crippen LogP contribution in [0.4, 0.5) is 0 Å². The number of nitrogens with zero attached hydrogens (tertiary/aromatic N) is 3. The van der Waals surface area contributed by atoms with Gasteiger partial charge in [0.15, 0.2) is 22.5 Å². The fraction of sp³-hybridized carbons (Fsp3) is 0.316. The maximum Gasteiger partial charge on any atom is 0.231 e. The van der Waals surface area contributed by atoms with Crippen molar-refractivity contribution < 1.29 is 14.3 Å². The highest BCUT2D eigenvalue weighted by Crippen LogP contribution is 2.34. The minimum Gasteiger partial charge on any atom is -0.454 e. The Kier molecular flexibility index (Phi) is 5.54. The summed E-state index contributed by atoms with van der Waals surface area (Å²) < 4.78 is 12.8. The number of benzene rings is 1. The van der Waals surface area contributed by atoms with Gasteiger partial charge in [-0.3, -0.25) is 4.79 Å². The van der Waals surface area contributed by atoms with Crippen LogP contribution in [0.1, 0.15) is 25.5 Å². The van der Waals surface area contributed by atoms with E-state index in [-0.39, 0.29) is 24.5 Å². The molecular formula is C19H20N4O3S2. The first-order chi connectivity index (χ1) is 13.7. The number of carbonyl (C=O) groups is 1. The van der Waals surface area contributed by atoms with Gasteiger partial charge in [0.25, 0.3) is 0 Å². The molecule has 1 N–H and O–H groups in total. The number of thiophene rings is 1. The molecule has 9 heteroatoms. The summed E-state index contributed by atoms with van der Waals surface area (Å²) in [7, 11) is 0. The van der Waals surface area contributed by atoms with Gasteiger partial charge in [0.2, 0.25) is 12.7 Å². The van der Waals surface area contributed by atoms with Gasteiger partial charge in [-0.25, -0.2) is 0 Å². The monoisotopic (exact) mass is 416 g/mol. The zero-order valence-electron chi connectivity index (χ0n) is 15.5. The predicted molar refractivity (Wildman–Crippen MR) is 109 cm³/mol. The van der Waals surface area contributed by atoms with Gasteiger partial charge >= 0.3 is 0 Å². The van der Waals surface area contributed by atoms with Gasteiger partial charge in [-0.05, 0) is 43.0 Å². The van der Waals surface area contributed by atoms with Crippen LogP contribution < -0.4 is 14.8 Å². The molecule has 1 atom stereocenters. The Bertz CT molecular complexity index is 972. The highest BCUT2D eigenvalue weighted by atomic mass is 32.2. The van der Waals surface area contributed by atoms with Crippen molar-refractivity contribution in [2.24, 2.45) is 0 Å². The van der Waals surface area contributed by atoms with E-state index in [0.29, 0.717) is 5.75 Å². The van der Waals surface area contributed by atoms with Crippen molar-refractivity contribution in [3.63, 3.8) is 0 Å². The molecule has 0 radical (unpaired) electrons. The number of fused-ring (bicyclic) bond motifs is 1. The number of amides is 1. The molecule has 2 aromatic heterocycles. The Hall–Kier alpha value is -2.52. The maximum atomic E-state index is 12.4. The van der Waals surface area contributed by atoms with E-state index in [9.17, 15) is 4.79 Å². The molecule has 0 aliphatic carbocycles. The highest BCUT2D eigenvalue weighted by molar-refractivity contribution is 7.99. The molecule has 7 nitrogen and oxygen atoms in total. The SMILES string of the molecule is CCn1c(SCC(=O)NC(C)c2ccc3c(c2)OCO3)nnc1-c1cccs1. The standard InChI is InChI=1S/C19H20N4O3S2/c1-3-23-18(16-5-4-8-27-16)21-22-19(23)28-10-17(24)20-12(2)13-6-7-14-15(9-13)26-11-25-14/h4-9,12H,3,10-11H2,1-2H3,(H,20,24).